The lowest BCUT2D eigenvalue weighted by Crippen LogP contribution is -1.53. The van der Waals surface area contributed by atoms with Crippen molar-refractivity contribution in [2.75, 3.05) is 0 Å². The van der Waals surface area contributed by atoms with Crippen molar-refractivity contribution in [3.05, 3.63) is 12.2 Å². The molecule has 0 radical (unpaired) electrons. The predicted octanol–water partition coefficient (Wildman–Crippen LogP) is 1.98. The van der Waals surface area contributed by atoms with E-state index >= 15 is 0 Å². The fourth-order valence-corrected chi connectivity index (χ4v) is 0.279. The molecule has 0 spiro atoms. The molecule has 0 heteroatoms. The average molecular weight is 94.2 g/mol. The Morgan fingerprint density at radius 2 is 2.29 bits per heavy atom. The minimum Gasteiger partial charge on any atom is -0.106 e. The highest BCUT2D eigenvalue weighted by molar-refractivity contribution is 5.01. The second-order valence-electron chi connectivity index (χ2n) is 1.20. The molecule has 0 N–H and O–H groups in total. The quantitative estimate of drug-likeness (QED) is 0.344. The van der Waals surface area contributed by atoms with Crippen molar-refractivity contribution in [2.24, 2.45) is 0 Å². The lowest BCUT2D eigenvalue weighted by Gasteiger charge is -1.68. The van der Waals surface area contributed by atoms with Crippen LogP contribution in [0.1, 0.15) is 20.3 Å². The second-order valence-corrected chi connectivity index (χ2v) is 1.20. The highest BCUT2D eigenvalue weighted by atomic mass is 13.6. The Labute approximate surface area is 45.2 Å². The van der Waals surface area contributed by atoms with E-state index in [-0.39, 0.29) is 0 Å². The number of hydrogen-bond donors (Lipinski definition) is 0. The van der Waals surface area contributed by atoms with Gasteiger partial charge in [0, 0.05) is 6.42 Å². The summed E-state index contributed by atoms with van der Waals surface area (Å²) in [7, 11) is 0. The molecular formula is C7H10. The Morgan fingerprint density at radius 3 is 2.71 bits per heavy atom. The maximum atomic E-state index is 2.91. The predicted molar refractivity (Wildman–Crippen MR) is 32.9 cm³/mol. The van der Waals surface area contributed by atoms with E-state index < -0.39 is 0 Å². The van der Waals surface area contributed by atoms with E-state index in [9.17, 15) is 0 Å². The standard InChI is InChI=1S/C7H10/c1-3-5-7-6-4-2/h3,5H,7H2,1-2H3/b5-3+. The third-order valence-electron chi connectivity index (χ3n) is 0.632. The van der Waals surface area contributed by atoms with Gasteiger partial charge in [-0.05, 0) is 13.8 Å². The molecule has 0 aromatic rings. The number of rotatable bonds is 1. The zero-order chi connectivity index (χ0) is 5.54. The molecule has 0 saturated heterocycles. The molecule has 0 amide bonds. The SMILES string of the molecule is CC#CC/C=C/C. The first-order valence-electron chi connectivity index (χ1n) is 2.42. The molecule has 7 heavy (non-hydrogen) atoms. The van der Waals surface area contributed by atoms with E-state index in [1.54, 1.807) is 0 Å². The molecule has 0 unspecified atom stereocenters. The van der Waals surface area contributed by atoms with Crippen LogP contribution in [-0.2, 0) is 0 Å². The summed E-state index contributed by atoms with van der Waals surface area (Å²) in [5.74, 6) is 5.71. The van der Waals surface area contributed by atoms with Gasteiger partial charge >= 0.3 is 0 Å². The number of allylic oxidation sites excluding steroid dienone is 2. The molecule has 0 aromatic heterocycles. The molecular weight excluding hydrogens is 84.1 g/mol. The Morgan fingerprint density at radius 1 is 1.57 bits per heavy atom. The number of hydrogen-bond acceptors (Lipinski definition) is 0. The Bertz CT molecular complexity index is 98.9. The second kappa shape index (κ2) is 5.30. The van der Waals surface area contributed by atoms with Crippen molar-refractivity contribution in [1.29, 1.82) is 0 Å². The summed E-state index contributed by atoms with van der Waals surface area (Å²) in [5, 5.41) is 0. The molecule has 0 fully saturated rings. The van der Waals surface area contributed by atoms with E-state index in [2.05, 4.69) is 11.8 Å². The van der Waals surface area contributed by atoms with Gasteiger partial charge in [0.2, 0.25) is 0 Å². The molecule has 0 rings (SSSR count). The van der Waals surface area contributed by atoms with E-state index in [0.29, 0.717) is 0 Å². The van der Waals surface area contributed by atoms with E-state index in [1.807, 2.05) is 26.0 Å². The van der Waals surface area contributed by atoms with Gasteiger partial charge in [0.05, 0.1) is 0 Å². The van der Waals surface area contributed by atoms with Crippen molar-refractivity contribution in [2.45, 2.75) is 20.3 Å². The molecule has 0 bridgehead atoms. The molecule has 0 aliphatic rings. The minimum atomic E-state index is 0.896. The molecule has 0 aromatic carbocycles. The Balaban J connectivity index is 3.09. The zero-order valence-corrected chi connectivity index (χ0v) is 4.86. The van der Waals surface area contributed by atoms with Gasteiger partial charge in [-0.1, -0.05) is 18.1 Å². The monoisotopic (exact) mass is 94.1 g/mol. The van der Waals surface area contributed by atoms with Crippen LogP contribution in [0, 0.1) is 11.8 Å². The molecule has 0 aliphatic carbocycles. The molecule has 0 aliphatic heterocycles. The molecule has 38 valence electrons. The van der Waals surface area contributed by atoms with Gasteiger partial charge in [-0.3, -0.25) is 0 Å². The molecule has 0 atom stereocenters. The van der Waals surface area contributed by atoms with Crippen LogP contribution in [0.25, 0.3) is 0 Å². The summed E-state index contributed by atoms with van der Waals surface area (Å²) in [5.41, 5.74) is 0. The highest BCUT2D eigenvalue weighted by Gasteiger charge is 1.59. The van der Waals surface area contributed by atoms with E-state index in [1.165, 1.54) is 0 Å². The summed E-state index contributed by atoms with van der Waals surface area (Å²) in [4.78, 5) is 0. The first-order chi connectivity index (χ1) is 3.41. The third-order valence-corrected chi connectivity index (χ3v) is 0.632. The van der Waals surface area contributed by atoms with Crippen molar-refractivity contribution in [3.63, 3.8) is 0 Å². The van der Waals surface area contributed by atoms with Gasteiger partial charge in [-0.15, -0.1) is 5.92 Å². The van der Waals surface area contributed by atoms with Crippen LogP contribution in [0.2, 0.25) is 0 Å². The zero-order valence-electron chi connectivity index (χ0n) is 4.86. The topological polar surface area (TPSA) is 0 Å². The van der Waals surface area contributed by atoms with Gasteiger partial charge in [-0.25, -0.2) is 0 Å². The van der Waals surface area contributed by atoms with Crippen molar-refractivity contribution >= 4 is 0 Å². The summed E-state index contributed by atoms with van der Waals surface area (Å²) in [6.07, 6.45) is 4.94. The summed E-state index contributed by atoms with van der Waals surface area (Å²) < 4.78 is 0. The van der Waals surface area contributed by atoms with Gasteiger partial charge in [0.1, 0.15) is 0 Å². The minimum absolute atomic E-state index is 0.896. The Hall–Kier alpha value is -0.700. The Kier molecular flexibility index (Phi) is 4.77. The van der Waals surface area contributed by atoms with Gasteiger partial charge < -0.3 is 0 Å². The van der Waals surface area contributed by atoms with Crippen LogP contribution in [0.5, 0.6) is 0 Å². The smallest absolute Gasteiger partial charge is 0.0269 e. The summed E-state index contributed by atoms with van der Waals surface area (Å²) in [6, 6.07) is 0. The van der Waals surface area contributed by atoms with E-state index in [4.69, 9.17) is 0 Å². The normalized spacial score (nSPS) is 8.29. The van der Waals surface area contributed by atoms with Gasteiger partial charge in [-0.2, -0.15) is 0 Å². The van der Waals surface area contributed by atoms with Crippen molar-refractivity contribution < 1.29 is 0 Å². The van der Waals surface area contributed by atoms with E-state index in [0.717, 1.165) is 6.42 Å². The van der Waals surface area contributed by atoms with Gasteiger partial charge in [0.15, 0.2) is 0 Å². The lowest BCUT2D eigenvalue weighted by molar-refractivity contribution is 1.44. The fraction of sp³-hybridized carbons (Fsp3) is 0.429. The largest absolute Gasteiger partial charge is 0.106 e. The first kappa shape index (κ1) is 6.30. The van der Waals surface area contributed by atoms with Crippen LogP contribution >= 0.6 is 0 Å². The molecule has 0 saturated carbocycles. The van der Waals surface area contributed by atoms with Crippen LogP contribution in [-0.4, -0.2) is 0 Å². The average Bonchev–Trinajstić information content (AvgIpc) is 1.69. The van der Waals surface area contributed by atoms with Crippen LogP contribution in [0.4, 0.5) is 0 Å². The maximum absolute atomic E-state index is 2.91. The summed E-state index contributed by atoms with van der Waals surface area (Å²) >= 11 is 0. The lowest BCUT2D eigenvalue weighted by atomic mass is 10.4. The van der Waals surface area contributed by atoms with Crippen molar-refractivity contribution in [1.82, 2.24) is 0 Å². The van der Waals surface area contributed by atoms with Crippen molar-refractivity contribution in [3.8, 4) is 11.8 Å². The van der Waals surface area contributed by atoms with Gasteiger partial charge in [0.25, 0.3) is 0 Å². The summed E-state index contributed by atoms with van der Waals surface area (Å²) in [6.45, 7) is 3.85. The van der Waals surface area contributed by atoms with Crippen LogP contribution < -0.4 is 0 Å². The molecule has 0 heterocycles. The first-order valence-corrected chi connectivity index (χ1v) is 2.42. The van der Waals surface area contributed by atoms with Crippen LogP contribution in [0.3, 0.4) is 0 Å². The molecule has 0 nitrogen and oxygen atoms in total. The maximum Gasteiger partial charge on any atom is 0.0269 e. The fourth-order valence-electron chi connectivity index (χ4n) is 0.279. The highest BCUT2D eigenvalue weighted by Crippen LogP contribution is 1.76. The third kappa shape index (κ3) is 5.30. The van der Waals surface area contributed by atoms with Crippen LogP contribution in [0.15, 0.2) is 12.2 Å².